The summed E-state index contributed by atoms with van der Waals surface area (Å²) in [5.74, 6) is 0. The third kappa shape index (κ3) is 4.51. The quantitative estimate of drug-likeness (QED) is 0.618. The molecule has 5 atom stereocenters. The number of benzene rings is 2. The molecular formula is C20H25N3O4. The Morgan fingerprint density at radius 1 is 0.852 bits per heavy atom. The minimum absolute atomic E-state index is 0.583. The molecule has 0 unspecified atom stereocenters. The summed E-state index contributed by atoms with van der Waals surface area (Å²) in [4.78, 5) is 0. The number of hydrogen-bond donors (Lipinski definition) is 4. The van der Waals surface area contributed by atoms with Gasteiger partial charge >= 0.3 is 0 Å². The van der Waals surface area contributed by atoms with Crippen LogP contribution in [0.25, 0.3) is 0 Å². The van der Waals surface area contributed by atoms with Crippen molar-refractivity contribution < 1.29 is 20.1 Å². The molecule has 0 spiro atoms. The van der Waals surface area contributed by atoms with Crippen molar-refractivity contribution in [3.05, 3.63) is 53.6 Å². The highest BCUT2D eigenvalue weighted by atomic mass is 16.5. The summed E-state index contributed by atoms with van der Waals surface area (Å²) in [6, 6.07) is 13.3. The maximum absolute atomic E-state index is 10.2. The van der Waals surface area contributed by atoms with Crippen LogP contribution >= 0.6 is 0 Å². The summed E-state index contributed by atoms with van der Waals surface area (Å²) in [6.45, 7) is 5.59. The minimum Gasteiger partial charge on any atom is -0.388 e. The normalized spacial score (nSPS) is 28.4. The van der Waals surface area contributed by atoms with Gasteiger partial charge in [-0.05, 0) is 50.6 Å². The highest BCUT2D eigenvalue weighted by Gasteiger charge is 2.41. The fourth-order valence-electron chi connectivity index (χ4n) is 2.89. The van der Waals surface area contributed by atoms with Crippen LogP contribution in [0.4, 0.5) is 17.1 Å². The molecule has 0 aliphatic carbocycles. The van der Waals surface area contributed by atoms with Gasteiger partial charge < -0.3 is 25.4 Å². The summed E-state index contributed by atoms with van der Waals surface area (Å²) in [6.07, 6.45) is -5.22. The standard InChI is InChI=1S/C20H25N3O4/c1-11-4-7-14(8-5-11)22-23-16-10-12(2)6-9-15(16)21-20-19(26)18(25)17(24)13(3)27-20/h4-10,13,17-21,24-26H,1-3H3/t13-,17+,18-,19-,20-/m1/s1. The molecule has 7 heteroatoms. The van der Waals surface area contributed by atoms with E-state index in [-0.39, 0.29) is 0 Å². The van der Waals surface area contributed by atoms with Crippen LogP contribution in [-0.2, 0) is 4.74 Å². The van der Waals surface area contributed by atoms with Gasteiger partial charge in [-0.2, -0.15) is 5.11 Å². The Morgan fingerprint density at radius 2 is 1.52 bits per heavy atom. The van der Waals surface area contributed by atoms with Gasteiger partial charge in [-0.15, -0.1) is 5.11 Å². The van der Waals surface area contributed by atoms with Gasteiger partial charge in [0, 0.05) is 0 Å². The molecule has 2 aromatic rings. The predicted molar refractivity (Wildman–Crippen MR) is 103 cm³/mol. The number of aliphatic hydroxyl groups excluding tert-OH is 3. The van der Waals surface area contributed by atoms with Crippen LogP contribution in [0.5, 0.6) is 0 Å². The van der Waals surface area contributed by atoms with E-state index in [9.17, 15) is 15.3 Å². The van der Waals surface area contributed by atoms with E-state index in [0.717, 1.165) is 16.8 Å². The molecule has 3 rings (SSSR count). The summed E-state index contributed by atoms with van der Waals surface area (Å²) in [7, 11) is 0. The molecule has 27 heavy (non-hydrogen) atoms. The molecule has 7 nitrogen and oxygen atoms in total. The van der Waals surface area contributed by atoms with Crippen molar-refractivity contribution in [3.8, 4) is 0 Å². The van der Waals surface area contributed by atoms with E-state index in [1.807, 2.05) is 56.3 Å². The van der Waals surface area contributed by atoms with Gasteiger partial charge in [-0.25, -0.2) is 0 Å². The Labute approximate surface area is 158 Å². The van der Waals surface area contributed by atoms with Crippen molar-refractivity contribution >= 4 is 17.1 Å². The van der Waals surface area contributed by atoms with E-state index in [1.165, 1.54) is 0 Å². The zero-order chi connectivity index (χ0) is 19.6. The molecule has 0 saturated carbocycles. The highest BCUT2D eigenvalue weighted by Crippen LogP contribution is 2.31. The van der Waals surface area contributed by atoms with Gasteiger partial charge in [0.25, 0.3) is 0 Å². The molecule has 1 heterocycles. The van der Waals surface area contributed by atoms with Crippen molar-refractivity contribution in [1.82, 2.24) is 0 Å². The lowest BCUT2D eigenvalue weighted by Gasteiger charge is -2.39. The number of aryl methyl sites for hydroxylation is 2. The van der Waals surface area contributed by atoms with Crippen LogP contribution in [-0.4, -0.2) is 46.0 Å². The van der Waals surface area contributed by atoms with Crippen LogP contribution < -0.4 is 5.32 Å². The van der Waals surface area contributed by atoms with Crippen molar-refractivity contribution in [2.75, 3.05) is 5.32 Å². The van der Waals surface area contributed by atoms with Crippen LogP contribution in [0.15, 0.2) is 52.7 Å². The molecule has 2 aromatic carbocycles. The topological polar surface area (TPSA) is 107 Å². The number of anilines is 1. The summed E-state index contributed by atoms with van der Waals surface area (Å²) < 4.78 is 5.60. The van der Waals surface area contributed by atoms with Gasteiger partial charge in [0.2, 0.25) is 0 Å². The fraction of sp³-hybridized carbons (Fsp3) is 0.400. The SMILES string of the molecule is Cc1ccc(N=Nc2cc(C)ccc2N[C@@H]2O[C@H](C)[C@H](O)[C@@H](O)[C@H]2O)cc1. The van der Waals surface area contributed by atoms with E-state index in [1.54, 1.807) is 6.92 Å². The lowest BCUT2D eigenvalue weighted by molar-refractivity contribution is -0.209. The van der Waals surface area contributed by atoms with Crippen LogP contribution in [0, 0.1) is 13.8 Å². The average Bonchev–Trinajstić information content (AvgIpc) is 2.65. The van der Waals surface area contributed by atoms with Crippen LogP contribution in [0.2, 0.25) is 0 Å². The number of hydrogen-bond acceptors (Lipinski definition) is 7. The summed E-state index contributed by atoms with van der Waals surface area (Å²) >= 11 is 0. The maximum Gasteiger partial charge on any atom is 0.157 e. The first kappa shape index (κ1) is 19.4. The Kier molecular flexibility index (Phi) is 5.86. The first-order valence-electron chi connectivity index (χ1n) is 8.90. The second-order valence-corrected chi connectivity index (χ2v) is 6.93. The van der Waals surface area contributed by atoms with Gasteiger partial charge in [-0.3, -0.25) is 0 Å². The third-order valence-corrected chi connectivity index (χ3v) is 4.61. The van der Waals surface area contributed by atoms with E-state index >= 15 is 0 Å². The molecule has 0 radical (unpaired) electrons. The minimum atomic E-state index is -1.30. The van der Waals surface area contributed by atoms with Crippen molar-refractivity contribution in [3.63, 3.8) is 0 Å². The fourth-order valence-corrected chi connectivity index (χ4v) is 2.89. The smallest absolute Gasteiger partial charge is 0.157 e. The van der Waals surface area contributed by atoms with Crippen LogP contribution in [0.3, 0.4) is 0 Å². The van der Waals surface area contributed by atoms with Crippen LogP contribution in [0.1, 0.15) is 18.1 Å². The first-order chi connectivity index (χ1) is 12.8. The van der Waals surface area contributed by atoms with Crippen molar-refractivity contribution in [2.45, 2.75) is 51.4 Å². The van der Waals surface area contributed by atoms with Gasteiger partial charge in [0.15, 0.2) is 6.23 Å². The molecule has 1 aliphatic rings. The zero-order valence-electron chi connectivity index (χ0n) is 15.6. The Bertz CT molecular complexity index is 809. The predicted octanol–water partition coefficient (Wildman–Crippen LogP) is 2.96. The summed E-state index contributed by atoms with van der Waals surface area (Å²) in [5, 5.41) is 41.7. The number of rotatable bonds is 4. The second kappa shape index (κ2) is 8.14. The monoisotopic (exact) mass is 371 g/mol. The number of azo groups is 1. The Balaban J connectivity index is 1.82. The van der Waals surface area contributed by atoms with E-state index in [4.69, 9.17) is 4.74 Å². The highest BCUT2D eigenvalue weighted by molar-refractivity contribution is 5.66. The summed E-state index contributed by atoms with van der Waals surface area (Å²) in [5.41, 5.74) is 4.07. The average molecular weight is 371 g/mol. The lowest BCUT2D eigenvalue weighted by Crippen LogP contribution is -2.58. The molecule has 0 amide bonds. The van der Waals surface area contributed by atoms with Gasteiger partial charge in [0.1, 0.15) is 24.0 Å². The van der Waals surface area contributed by atoms with Gasteiger partial charge in [-0.1, -0.05) is 23.8 Å². The number of ether oxygens (including phenoxy) is 1. The molecule has 144 valence electrons. The van der Waals surface area contributed by atoms with E-state index < -0.39 is 30.6 Å². The van der Waals surface area contributed by atoms with Gasteiger partial charge in [0.05, 0.1) is 17.5 Å². The zero-order valence-corrected chi connectivity index (χ0v) is 15.6. The molecule has 4 N–H and O–H groups in total. The van der Waals surface area contributed by atoms with E-state index in [0.29, 0.717) is 11.4 Å². The molecule has 1 aliphatic heterocycles. The number of nitrogens with zero attached hydrogens (tertiary/aromatic N) is 2. The van der Waals surface area contributed by atoms with Crippen molar-refractivity contribution in [2.24, 2.45) is 10.2 Å². The second-order valence-electron chi connectivity index (χ2n) is 6.93. The first-order valence-corrected chi connectivity index (χ1v) is 8.90. The molecule has 0 aromatic heterocycles. The molecule has 1 fully saturated rings. The molecular weight excluding hydrogens is 346 g/mol. The Hall–Kier alpha value is -2.32. The van der Waals surface area contributed by atoms with E-state index in [2.05, 4.69) is 15.5 Å². The Morgan fingerprint density at radius 3 is 2.22 bits per heavy atom. The molecule has 1 saturated heterocycles. The number of nitrogens with one attached hydrogen (secondary N) is 1. The largest absolute Gasteiger partial charge is 0.388 e. The van der Waals surface area contributed by atoms with Crippen molar-refractivity contribution in [1.29, 1.82) is 0 Å². The third-order valence-electron chi connectivity index (χ3n) is 4.61. The lowest BCUT2D eigenvalue weighted by atomic mass is 9.99. The number of aliphatic hydroxyl groups is 3. The molecule has 0 bridgehead atoms. The maximum atomic E-state index is 10.2.